The predicted molar refractivity (Wildman–Crippen MR) is 71.6 cm³/mol. The van der Waals surface area contributed by atoms with Gasteiger partial charge in [0.25, 0.3) is 5.91 Å². The number of ether oxygens (including phenoxy) is 1. The van der Waals surface area contributed by atoms with Crippen LogP contribution < -0.4 is 15.8 Å². The van der Waals surface area contributed by atoms with E-state index in [2.05, 4.69) is 21.2 Å². The number of halogens is 1. The highest BCUT2D eigenvalue weighted by atomic mass is 79.9. The van der Waals surface area contributed by atoms with Crippen molar-refractivity contribution in [3.05, 3.63) is 28.2 Å². The Balaban J connectivity index is 3.07. The van der Waals surface area contributed by atoms with Gasteiger partial charge in [-0.3, -0.25) is 4.79 Å². The molecule has 0 bridgehead atoms. The van der Waals surface area contributed by atoms with E-state index in [1.54, 1.807) is 12.1 Å². The summed E-state index contributed by atoms with van der Waals surface area (Å²) in [6.45, 7) is 5.58. The Morgan fingerprint density at radius 2 is 1.94 bits per heavy atom. The molecule has 0 fully saturated rings. The fourth-order valence-electron chi connectivity index (χ4n) is 1.28. The fourth-order valence-corrected chi connectivity index (χ4v) is 1.62. The van der Waals surface area contributed by atoms with Crippen molar-refractivity contribution in [3.63, 3.8) is 0 Å². The van der Waals surface area contributed by atoms with E-state index in [0.717, 1.165) is 0 Å². The number of nitrogens with one attached hydrogen (secondary N) is 1. The summed E-state index contributed by atoms with van der Waals surface area (Å²) in [7, 11) is 0. The molecule has 1 rings (SSSR count). The lowest BCUT2D eigenvalue weighted by Crippen LogP contribution is -2.40. The van der Waals surface area contributed by atoms with Gasteiger partial charge in [0.15, 0.2) is 0 Å². The van der Waals surface area contributed by atoms with Crippen LogP contribution in [-0.4, -0.2) is 17.5 Å². The Hall–Kier alpha value is -1.56. The zero-order valence-corrected chi connectivity index (χ0v) is 12.0. The van der Waals surface area contributed by atoms with Gasteiger partial charge >= 0.3 is 6.09 Å². The minimum absolute atomic E-state index is 0.124. The number of hydrogen-bond donors (Lipinski definition) is 2. The molecule has 0 spiro atoms. The van der Waals surface area contributed by atoms with Crippen molar-refractivity contribution in [2.24, 2.45) is 5.73 Å². The molecule has 0 aromatic heterocycles. The van der Waals surface area contributed by atoms with Crippen LogP contribution in [0.2, 0.25) is 0 Å². The fraction of sp³-hybridized carbons (Fsp3) is 0.333. The van der Waals surface area contributed by atoms with Crippen molar-refractivity contribution in [1.29, 1.82) is 0 Å². The van der Waals surface area contributed by atoms with Gasteiger partial charge in [-0.05, 0) is 39.0 Å². The molecular weight excluding hydrogens is 300 g/mol. The molecular formula is C12H15BrN2O3. The average molecular weight is 315 g/mol. The first-order valence-corrected chi connectivity index (χ1v) is 6.08. The lowest BCUT2D eigenvalue weighted by atomic mass is 10.1. The molecule has 6 heteroatoms. The molecule has 5 nitrogen and oxygen atoms in total. The van der Waals surface area contributed by atoms with Crippen molar-refractivity contribution in [2.75, 3.05) is 0 Å². The van der Waals surface area contributed by atoms with Crippen LogP contribution in [0, 0.1) is 0 Å². The van der Waals surface area contributed by atoms with E-state index in [-0.39, 0.29) is 22.8 Å². The molecule has 98 valence electrons. The number of hydrogen-bond acceptors (Lipinski definition) is 3. The molecule has 0 aliphatic carbocycles. The maximum Gasteiger partial charge on any atom is 0.409 e. The van der Waals surface area contributed by atoms with Gasteiger partial charge < -0.3 is 15.8 Å². The van der Waals surface area contributed by atoms with E-state index >= 15 is 0 Å². The van der Waals surface area contributed by atoms with Crippen molar-refractivity contribution in [3.8, 4) is 5.75 Å². The third-order valence-electron chi connectivity index (χ3n) is 1.89. The maximum atomic E-state index is 12.0. The molecule has 1 aromatic rings. The highest BCUT2D eigenvalue weighted by Crippen LogP contribution is 2.24. The molecule has 1 aromatic carbocycles. The maximum absolute atomic E-state index is 12.0. The smallest absolute Gasteiger partial charge is 0.409 e. The summed E-state index contributed by atoms with van der Waals surface area (Å²) in [5.74, 6) is -0.204. The molecule has 0 aliphatic rings. The molecule has 0 atom stereocenters. The molecule has 0 heterocycles. The van der Waals surface area contributed by atoms with E-state index < -0.39 is 6.09 Å². The minimum Gasteiger partial charge on any atom is -0.410 e. The average Bonchev–Trinajstić information content (AvgIpc) is 2.13. The topological polar surface area (TPSA) is 81.4 Å². The van der Waals surface area contributed by atoms with Crippen LogP contribution >= 0.6 is 15.9 Å². The number of amides is 2. The number of benzene rings is 1. The van der Waals surface area contributed by atoms with Crippen LogP contribution in [0.5, 0.6) is 5.75 Å². The number of primary amides is 1. The van der Waals surface area contributed by atoms with Crippen LogP contribution in [0.1, 0.15) is 31.1 Å². The Labute approximate surface area is 114 Å². The minimum atomic E-state index is -0.960. The van der Waals surface area contributed by atoms with E-state index in [0.29, 0.717) is 4.47 Å². The van der Waals surface area contributed by atoms with Crippen molar-refractivity contribution >= 4 is 27.9 Å². The summed E-state index contributed by atoms with van der Waals surface area (Å²) >= 11 is 3.23. The molecule has 18 heavy (non-hydrogen) atoms. The summed E-state index contributed by atoms with van der Waals surface area (Å²) in [5, 5.41) is 2.78. The van der Waals surface area contributed by atoms with Crippen molar-refractivity contribution < 1.29 is 14.3 Å². The SMILES string of the molecule is CC(C)(C)NC(=O)c1ccc(Br)cc1OC(N)=O. The van der Waals surface area contributed by atoms with Gasteiger partial charge in [-0.15, -0.1) is 0 Å². The second kappa shape index (κ2) is 5.39. The molecule has 0 aliphatic heterocycles. The van der Waals surface area contributed by atoms with Gasteiger partial charge in [0.05, 0.1) is 5.56 Å². The van der Waals surface area contributed by atoms with Crippen LogP contribution in [0.4, 0.5) is 4.79 Å². The van der Waals surface area contributed by atoms with Gasteiger partial charge in [-0.2, -0.15) is 0 Å². The third kappa shape index (κ3) is 4.37. The second-order valence-electron chi connectivity index (χ2n) is 4.77. The zero-order chi connectivity index (χ0) is 13.9. The molecule has 0 saturated heterocycles. The number of carbonyl (C=O) groups is 2. The Morgan fingerprint density at radius 1 is 1.33 bits per heavy atom. The molecule has 0 unspecified atom stereocenters. The Kier molecular flexibility index (Phi) is 4.34. The van der Waals surface area contributed by atoms with Crippen LogP contribution in [0.15, 0.2) is 22.7 Å². The predicted octanol–water partition coefficient (Wildman–Crippen LogP) is 2.43. The van der Waals surface area contributed by atoms with Gasteiger partial charge in [0, 0.05) is 10.0 Å². The third-order valence-corrected chi connectivity index (χ3v) is 2.38. The van der Waals surface area contributed by atoms with Gasteiger partial charge in [0.1, 0.15) is 5.75 Å². The molecule has 0 saturated carbocycles. The molecule has 2 amide bonds. The van der Waals surface area contributed by atoms with Gasteiger partial charge in [-0.1, -0.05) is 15.9 Å². The quantitative estimate of drug-likeness (QED) is 0.879. The first-order valence-electron chi connectivity index (χ1n) is 5.28. The Morgan fingerprint density at radius 3 is 2.44 bits per heavy atom. The Bertz CT molecular complexity index is 481. The second-order valence-corrected chi connectivity index (χ2v) is 5.68. The summed E-state index contributed by atoms with van der Waals surface area (Å²) < 4.78 is 5.50. The summed E-state index contributed by atoms with van der Waals surface area (Å²) in [6.07, 6.45) is -0.960. The van der Waals surface area contributed by atoms with Crippen LogP contribution in [0.3, 0.4) is 0 Å². The summed E-state index contributed by atoms with van der Waals surface area (Å²) in [6, 6.07) is 4.76. The summed E-state index contributed by atoms with van der Waals surface area (Å²) in [4.78, 5) is 22.8. The lowest BCUT2D eigenvalue weighted by Gasteiger charge is -2.21. The lowest BCUT2D eigenvalue weighted by molar-refractivity contribution is 0.0917. The number of carbonyl (C=O) groups excluding carboxylic acids is 2. The number of rotatable bonds is 2. The van der Waals surface area contributed by atoms with E-state index in [1.165, 1.54) is 6.07 Å². The van der Waals surface area contributed by atoms with Crippen molar-refractivity contribution in [2.45, 2.75) is 26.3 Å². The normalized spacial score (nSPS) is 10.9. The highest BCUT2D eigenvalue weighted by Gasteiger charge is 2.19. The molecule has 3 N–H and O–H groups in total. The van der Waals surface area contributed by atoms with E-state index in [4.69, 9.17) is 10.5 Å². The standard InChI is InChI=1S/C12H15BrN2O3/c1-12(2,3)15-10(16)8-5-4-7(13)6-9(8)18-11(14)17/h4-6H,1-3H3,(H2,14,17)(H,15,16). The first-order chi connectivity index (χ1) is 8.19. The number of nitrogens with two attached hydrogens (primary N) is 1. The highest BCUT2D eigenvalue weighted by molar-refractivity contribution is 9.10. The van der Waals surface area contributed by atoms with E-state index in [9.17, 15) is 9.59 Å². The van der Waals surface area contributed by atoms with Crippen molar-refractivity contribution in [1.82, 2.24) is 5.32 Å². The van der Waals surface area contributed by atoms with Crippen LogP contribution in [0.25, 0.3) is 0 Å². The van der Waals surface area contributed by atoms with Gasteiger partial charge in [0.2, 0.25) is 0 Å². The first kappa shape index (κ1) is 14.5. The zero-order valence-electron chi connectivity index (χ0n) is 10.4. The summed E-state index contributed by atoms with van der Waals surface area (Å²) in [5.41, 5.74) is 4.84. The van der Waals surface area contributed by atoms with Crippen LogP contribution in [-0.2, 0) is 0 Å². The monoisotopic (exact) mass is 314 g/mol. The molecule has 0 radical (unpaired) electrons. The largest absolute Gasteiger partial charge is 0.410 e. The van der Waals surface area contributed by atoms with E-state index in [1.807, 2.05) is 20.8 Å². The van der Waals surface area contributed by atoms with Gasteiger partial charge in [-0.25, -0.2) is 4.79 Å².